The van der Waals surface area contributed by atoms with E-state index in [1.807, 2.05) is 0 Å². The van der Waals surface area contributed by atoms with E-state index in [9.17, 15) is 4.79 Å². The van der Waals surface area contributed by atoms with Crippen molar-refractivity contribution in [2.75, 3.05) is 67.6 Å². The second-order valence-corrected chi connectivity index (χ2v) is 6.17. The van der Waals surface area contributed by atoms with Crippen LogP contribution in [0.3, 0.4) is 0 Å². The van der Waals surface area contributed by atoms with Crippen molar-refractivity contribution >= 4 is 5.91 Å². The molecule has 2 rings (SSSR count). The van der Waals surface area contributed by atoms with Crippen LogP contribution in [0.5, 0.6) is 17.2 Å². The molecule has 7 nitrogen and oxygen atoms in total. The summed E-state index contributed by atoms with van der Waals surface area (Å²) in [5.41, 5.74) is 0.495. The van der Waals surface area contributed by atoms with Crippen molar-refractivity contribution in [3.8, 4) is 17.2 Å². The minimum atomic E-state index is -0.141. The van der Waals surface area contributed by atoms with E-state index in [4.69, 9.17) is 14.2 Å². The lowest BCUT2D eigenvalue weighted by molar-refractivity contribution is 0.0948. The molecule has 0 aromatic heterocycles. The first-order valence-corrected chi connectivity index (χ1v) is 8.58. The number of ether oxygens (including phenoxy) is 3. The van der Waals surface area contributed by atoms with Crippen LogP contribution in [0.15, 0.2) is 12.1 Å². The zero-order valence-corrected chi connectivity index (χ0v) is 15.6. The zero-order chi connectivity index (χ0) is 18.2. The van der Waals surface area contributed by atoms with Gasteiger partial charge in [0.25, 0.3) is 5.91 Å². The Morgan fingerprint density at radius 1 is 1.04 bits per heavy atom. The second-order valence-electron chi connectivity index (χ2n) is 6.17. The van der Waals surface area contributed by atoms with Crippen molar-refractivity contribution in [3.63, 3.8) is 0 Å². The second kappa shape index (κ2) is 9.48. The standard InChI is InChI=1S/C18H29N3O4/c1-20-8-10-21(11-9-20)7-5-6-19-18(22)14-12-15(23-2)17(25-4)16(13-14)24-3/h12-13H,5-11H2,1-4H3,(H,19,22). The Balaban J connectivity index is 1.86. The number of carbonyl (C=O) groups is 1. The first-order chi connectivity index (χ1) is 12.1. The molecule has 1 fully saturated rings. The summed E-state index contributed by atoms with van der Waals surface area (Å²) >= 11 is 0. The summed E-state index contributed by atoms with van der Waals surface area (Å²) < 4.78 is 15.9. The van der Waals surface area contributed by atoms with Crippen molar-refractivity contribution < 1.29 is 19.0 Å². The molecule has 1 N–H and O–H groups in total. The van der Waals surface area contributed by atoms with E-state index in [1.165, 1.54) is 14.2 Å². The van der Waals surface area contributed by atoms with E-state index in [2.05, 4.69) is 22.2 Å². The third-order valence-electron chi connectivity index (χ3n) is 4.46. The summed E-state index contributed by atoms with van der Waals surface area (Å²) in [4.78, 5) is 17.2. The fourth-order valence-corrected chi connectivity index (χ4v) is 2.89. The van der Waals surface area contributed by atoms with Crippen molar-refractivity contribution in [3.05, 3.63) is 17.7 Å². The number of rotatable bonds is 8. The average molecular weight is 351 g/mol. The van der Waals surface area contributed by atoms with Crippen LogP contribution in [0.25, 0.3) is 0 Å². The van der Waals surface area contributed by atoms with Crippen LogP contribution in [0, 0.1) is 0 Å². The summed E-state index contributed by atoms with van der Waals surface area (Å²) in [7, 11) is 6.76. The highest BCUT2D eigenvalue weighted by atomic mass is 16.5. The van der Waals surface area contributed by atoms with Gasteiger partial charge in [-0.25, -0.2) is 0 Å². The van der Waals surface area contributed by atoms with Crippen LogP contribution >= 0.6 is 0 Å². The van der Waals surface area contributed by atoms with Crippen LogP contribution in [0.1, 0.15) is 16.8 Å². The van der Waals surface area contributed by atoms with Crippen molar-refractivity contribution in [2.45, 2.75) is 6.42 Å². The SMILES string of the molecule is COc1cc(C(=O)NCCCN2CCN(C)CC2)cc(OC)c1OC. The van der Waals surface area contributed by atoms with Crippen molar-refractivity contribution in [1.29, 1.82) is 0 Å². The number of nitrogens with one attached hydrogen (secondary N) is 1. The van der Waals surface area contributed by atoms with Crippen LogP contribution in [0.2, 0.25) is 0 Å². The van der Waals surface area contributed by atoms with Gasteiger partial charge in [0.15, 0.2) is 11.5 Å². The Kier molecular flexibility index (Phi) is 7.33. The highest BCUT2D eigenvalue weighted by Crippen LogP contribution is 2.38. The number of hydrogen-bond acceptors (Lipinski definition) is 6. The molecule has 0 unspecified atom stereocenters. The minimum absolute atomic E-state index is 0.141. The zero-order valence-electron chi connectivity index (χ0n) is 15.6. The molecule has 1 heterocycles. The Morgan fingerprint density at radius 2 is 1.64 bits per heavy atom. The molecule has 0 radical (unpaired) electrons. The lowest BCUT2D eigenvalue weighted by Crippen LogP contribution is -2.45. The monoisotopic (exact) mass is 351 g/mol. The van der Waals surface area contributed by atoms with Gasteiger partial charge in [-0.2, -0.15) is 0 Å². The molecule has 25 heavy (non-hydrogen) atoms. The predicted molar refractivity (Wildman–Crippen MR) is 97.0 cm³/mol. The van der Waals surface area contributed by atoms with Gasteiger partial charge in [-0.1, -0.05) is 0 Å². The van der Waals surface area contributed by atoms with E-state index < -0.39 is 0 Å². The van der Waals surface area contributed by atoms with Gasteiger partial charge < -0.3 is 29.3 Å². The van der Waals surface area contributed by atoms with Crippen molar-refractivity contribution in [2.24, 2.45) is 0 Å². The minimum Gasteiger partial charge on any atom is -0.493 e. The molecule has 0 bridgehead atoms. The van der Waals surface area contributed by atoms with Gasteiger partial charge in [0.05, 0.1) is 21.3 Å². The van der Waals surface area contributed by atoms with E-state index in [-0.39, 0.29) is 5.91 Å². The quantitative estimate of drug-likeness (QED) is 0.707. The van der Waals surface area contributed by atoms with Gasteiger partial charge in [-0.05, 0) is 32.1 Å². The van der Waals surface area contributed by atoms with Crippen LogP contribution in [-0.2, 0) is 0 Å². The maximum atomic E-state index is 12.4. The Morgan fingerprint density at radius 3 is 2.16 bits per heavy atom. The molecule has 0 saturated carbocycles. The Bertz CT molecular complexity index is 546. The Labute approximate surface area is 149 Å². The highest BCUT2D eigenvalue weighted by Gasteiger charge is 2.17. The van der Waals surface area contributed by atoms with Gasteiger partial charge in [-0.15, -0.1) is 0 Å². The lowest BCUT2D eigenvalue weighted by atomic mass is 10.1. The Hall–Kier alpha value is -1.99. The molecule has 0 aliphatic carbocycles. The lowest BCUT2D eigenvalue weighted by Gasteiger charge is -2.32. The van der Waals surface area contributed by atoms with E-state index in [0.717, 1.165) is 39.1 Å². The molecule has 1 aliphatic heterocycles. The smallest absolute Gasteiger partial charge is 0.251 e. The molecule has 1 aliphatic rings. The van der Waals surface area contributed by atoms with Crippen LogP contribution < -0.4 is 19.5 Å². The first kappa shape index (κ1) is 19.3. The molecule has 140 valence electrons. The molecule has 1 amide bonds. The number of piperazine rings is 1. The van der Waals surface area contributed by atoms with Gasteiger partial charge in [0, 0.05) is 38.3 Å². The van der Waals surface area contributed by atoms with Gasteiger partial charge in [0.1, 0.15) is 0 Å². The van der Waals surface area contributed by atoms with E-state index in [1.54, 1.807) is 19.2 Å². The normalized spacial score (nSPS) is 15.7. The maximum absolute atomic E-state index is 12.4. The number of amides is 1. The molecule has 7 heteroatoms. The average Bonchev–Trinajstić information content (AvgIpc) is 2.65. The molecular formula is C18H29N3O4. The summed E-state index contributed by atoms with van der Waals surface area (Å²) in [5, 5.41) is 2.96. The number of hydrogen-bond donors (Lipinski definition) is 1. The molecule has 0 atom stereocenters. The van der Waals surface area contributed by atoms with E-state index in [0.29, 0.717) is 29.4 Å². The number of benzene rings is 1. The van der Waals surface area contributed by atoms with Gasteiger partial charge >= 0.3 is 0 Å². The molecule has 1 saturated heterocycles. The van der Waals surface area contributed by atoms with Gasteiger partial charge in [0.2, 0.25) is 5.75 Å². The summed E-state index contributed by atoms with van der Waals surface area (Å²) in [6.07, 6.45) is 0.930. The number of likely N-dealkylation sites (N-methyl/N-ethyl adjacent to an activating group) is 1. The predicted octanol–water partition coefficient (Wildman–Crippen LogP) is 1.08. The summed E-state index contributed by atoms with van der Waals surface area (Å²) in [6.45, 7) is 6.05. The first-order valence-electron chi connectivity index (χ1n) is 8.58. The van der Waals surface area contributed by atoms with Gasteiger partial charge in [-0.3, -0.25) is 4.79 Å². The molecule has 1 aromatic carbocycles. The summed E-state index contributed by atoms with van der Waals surface area (Å²) in [6, 6.07) is 3.33. The third kappa shape index (κ3) is 5.24. The fourth-order valence-electron chi connectivity index (χ4n) is 2.89. The number of nitrogens with zero attached hydrogens (tertiary/aromatic N) is 2. The van der Waals surface area contributed by atoms with E-state index >= 15 is 0 Å². The third-order valence-corrected chi connectivity index (χ3v) is 4.46. The fraction of sp³-hybridized carbons (Fsp3) is 0.611. The summed E-state index contributed by atoms with van der Waals surface area (Å²) in [5.74, 6) is 1.29. The van der Waals surface area contributed by atoms with Crippen LogP contribution in [-0.4, -0.2) is 83.4 Å². The molecule has 1 aromatic rings. The highest BCUT2D eigenvalue weighted by molar-refractivity contribution is 5.95. The topological polar surface area (TPSA) is 63.3 Å². The largest absolute Gasteiger partial charge is 0.493 e. The van der Waals surface area contributed by atoms with Crippen LogP contribution in [0.4, 0.5) is 0 Å². The van der Waals surface area contributed by atoms with Crippen molar-refractivity contribution in [1.82, 2.24) is 15.1 Å². The number of methoxy groups -OCH3 is 3. The molecule has 0 spiro atoms. The number of carbonyl (C=O) groups excluding carboxylic acids is 1. The molecular weight excluding hydrogens is 322 g/mol. The maximum Gasteiger partial charge on any atom is 0.251 e.